The van der Waals surface area contributed by atoms with Crippen molar-refractivity contribution in [3.63, 3.8) is 0 Å². The summed E-state index contributed by atoms with van der Waals surface area (Å²) in [5, 5.41) is 20.4. The average Bonchev–Trinajstić information content (AvgIpc) is 2.73. The molecule has 0 aliphatic rings. The lowest BCUT2D eigenvalue weighted by Crippen LogP contribution is -1.99. The molecule has 4 rings (SSSR count). The van der Waals surface area contributed by atoms with Crippen LogP contribution >= 0.6 is 0 Å². The number of ether oxygens (including phenoxy) is 1. The first-order valence-electron chi connectivity index (χ1n) is 8.41. The van der Waals surface area contributed by atoms with E-state index in [0.29, 0.717) is 27.8 Å². The van der Waals surface area contributed by atoms with Gasteiger partial charge in [0.25, 0.3) is 5.69 Å². The van der Waals surface area contributed by atoms with Gasteiger partial charge >= 0.3 is 5.63 Å². The number of nitro groups is 1. The molecule has 4 aromatic rings. The normalized spacial score (nSPS) is 10.4. The SMILES string of the molecule is N#Cc1cccc(Oc2ccc3c(-c4ccc([N+](=O)[O-])cc4)cc(=O)oc3c2)n1. The van der Waals surface area contributed by atoms with Gasteiger partial charge in [0.05, 0.1) is 4.92 Å². The molecule has 2 aromatic carbocycles. The Morgan fingerprint density at radius 1 is 1.07 bits per heavy atom. The molecule has 2 aromatic heterocycles. The van der Waals surface area contributed by atoms with E-state index in [0.717, 1.165) is 0 Å². The highest BCUT2D eigenvalue weighted by Gasteiger charge is 2.12. The van der Waals surface area contributed by atoms with Crippen molar-refractivity contribution in [2.75, 3.05) is 0 Å². The lowest BCUT2D eigenvalue weighted by atomic mass is 10.0. The Morgan fingerprint density at radius 3 is 2.59 bits per heavy atom. The summed E-state index contributed by atoms with van der Waals surface area (Å²) in [6, 6.07) is 18.9. The summed E-state index contributed by atoms with van der Waals surface area (Å²) in [5.41, 5.74) is 1.14. The summed E-state index contributed by atoms with van der Waals surface area (Å²) in [7, 11) is 0. The van der Waals surface area contributed by atoms with Crippen LogP contribution in [-0.2, 0) is 0 Å². The van der Waals surface area contributed by atoms with E-state index in [2.05, 4.69) is 4.98 Å². The van der Waals surface area contributed by atoms with Crippen LogP contribution in [0.1, 0.15) is 5.69 Å². The Balaban J connectivity index is 1.75. The van der Waals surface area contributed by atoms with Gasteiger partial charge in [0.15, 0.2) is 0 Å². The topological polar surface area (TPSA) is 119 Å². The number of hydrogen-bond acceptors (Lipinski definition) is 7. The third kappa shape index (κ3) is 3.65. The predicted octanol–water partition coefficient (Wildman–Crippen LogP) is 4.43. The summed E-state index contributed by atoms with van der Waals surface area (Å²) in [4.78, 5) is 26.4. The Hall–Kier alpha value is -4.51. The van der Waals surface area contributed by atoms with Crippen molar-refractivity contribution < 1.29 is 14.1 Å². The lowest BCUT2D eigenvalue weighted by Gasteiger charge is -2.08. The van der Waals surface area contributed by atoms with Crippen LogP contribution in [0.15, 0.2) is 75.9 Å². The highest BCUT2D eigenvalue weighted by molar-refractivity contribution is 5.93. The van der Waals surface area contributed by atoms with Gasteiger partial charge in [-0.15, -0.1) is 0 Å². The zero-order chi connectivity index (χ0) is 20.4. The Bertz CT molecular complexity index is 1340. The minimum Gasteiger partial charge on any atom is -0.439 e. The van der Waals surface area contributed by atoms with Gasteiger partial charge in [-0.05, 0) is 41.5 Å². The lowest BCUT2D eigenvalue weighted by molar-refractivity contribution is -0.384. The van der Waals surface area contributed by atoms with Gasteiger partial charge in [0.1, 0.15) is 23.1 Å². The molecular weight excluding hydrogens is 374 g/mol. The molecule has 0 fully saturated rings. The zero-order valence-electron chi connectivity index (χ0n) is 14.7. The first-order chi connectivity index (χ1) is 14.0. The molecule has 0 amide bonds. The first kappa shape index (κ1) is 17.9. The van der Waals surface area contributed by atoms with E-state index in [1.807, 2.05) is 6.07 Å². The third-order valence-electron chi connectivity index (χ3n) is 4.17. The van der Waals surface area contributed by atoms with Crippen LogP contribution < -0.4 is 10.4 Å². The molecule has 0 saturated heterocycles. The number of benzene rings is 2. The summed E-state index contributed by atoms with van der Waals surface area (Å²) < 4.78 is 10.9. The van der Waals surface area contributed by atoms with E-state index in [4.69, 9.17) is 14.4 Å². The van der Waals surface area contributed by atoms with Crippen LogP contribution in [0.25, 0.3) is 22.1 Å². The summed E-state index contributed by atoms with van der Waals surface area (Å²) in [6.45, 7) is 0. The second-order valence-corrected chi connectivity index (χ2v) is 6.02. The maximum absolute atomic E-state index is 12.0. The molecule has 0 N–H and O–H groups in total. The average molecular weight is 385 g/mol. The molecule has 29 heavy (non-hydrogen) atoms. The molecule has 0 atom stereocenters. The van der Waals surface area contributed by atoms with Crippen LogP contribution in [0, 0.1) is 21.4 Å². The Morgan fingerprint density at radius 2 is 1.86 bits per heavy atom. The second-order valence-electron chi connectivity index (χ2n) is 6.02. The van der Waals surface area contributed by atoms with Crippen molar-refractivity contribution in [1.29, 1.82) is 5.26 Å². The monoisotopic (exact) mass is 385 g/mol. The molecule has 0 radical (unpaired) electrons. The van der Waals surface area contributed by atoms with Crippen LogP contribution in [-0.4, -0.2) is 9.91 Å². The van der Waals surface area contributed by atoms with Crippen molar-refractivity contribution in [2.24, 2.45) is 0 Å². The van der Waals surface area contributed by atoms with E-state index < -0.39 is 10.5 Å². The molecular formula is C21H11N3O5. The van der Waals surface area contributed by atoms with E-state index in [-0.39, 0.29) is 17.3 Å². The van der Waals surface area contributed by atoms with Gasteiger partial charge in [-0.25, -0.2) is 9.78 Å². The number of nitrogens with zero attached hydrogens (tertiary/aromatic N) is 3. The molecule has 0 spiro atoms. The van der Waals surface area contributed by atoms with Gasteiger partial charge < -0.3 is 9.15 Å². The fraction of sp³-hybridized carbons (Fsp3) is 0. The number of nitro benzene ring substituents is 1. The minimum absolute atomic E-state index is 0.0381. The van der Waals surface area contributed by atoms with E-state index in [1.54, 1.807) is 48.5 Å². The minimum atomic E-state index is -0.562. The highest BCUT2D eigenvalue weighted by Crippen LogP contribution is 2.31. The van der Waals surface area contributed by atoms with Crippen molar-refractivity contribution in [1.82, 2.24) is 4.98 Å². The van der Waals surface area contributed by atoms with E-state index in [1.165, 1.54) is 18.2 Å². The van der Waals surface area contributed by atoms with Crippen LogP contribution in [0.4, 0.5) is 5.69 Å². The molecule has 0 aliphatic heterocycles. The summed E-state index contributed by atoms with van der Waals surface area (Å²) in [5.74, 6) is 0.612. The molecule has 8 heteroatoms. The van der Waals surface area contributed by atoms with Gasteiger partial charge in [-0.1, -0.05) is 6.07 Å². The highest BCUT2D eigenvalue weighted by atomic mass is 16.6. The largest absolute Gasteiger partial charge is 0.439 e. The van der Waals surface area contributed by atoms with Crippen molar-refractivity contribution >= 4 is 16.7 Å². The fourth-order valence-corrected chi connectivity index (χ4v) is 2.86. The molecule has 8 nitrogen and oxygen atoms in total. The molecule has 0 aliphatic carbocycles. The maximum atomic E-state index is 12.0. The molecule has 0 unspecified atom stereocenters. The number of hydrogen-bond donors (Lipinski definition) is 0. The smallest absolute Gasteiger partial charge is 0.336 e. The zero-order valence-corrected chi connectivity index (χ0v) is 14.7. The summed E-state index contributed by atoms with van der Waals surface area (Å²) in [6.07, 6.45) is 0. The van der Waals surface area contributed by atoms with Crippen LogP contribution in [0.5, 0.6) is 11.6 Å². The van der Waals surface area contributed by atoms with Crippen molar-refractivity contribution in [3.8, 4) is 28.8 Å². The fourth-order valence-electron chi connectivity index (χ4n) is 2.86. The standard InChI is InChI=1S/C21H11N3O5/c22-12-14-2-1-3-20(23-14)28-16-8-9-17-18(11-21(25)29-19(17)10-16)13-4-6-15(7-5-13)24(26)27/h1-11H. The number of non-ortho nitro benzene ring substituents is 1. The van der Waals surface area contributed by atoms with Crippen molar-refractivity contribution in [2.45, 2.75) is 0 Å². The molecule has 0 bridgehead atoms. The predicted molar refractivity (Wildman–Crippen MR) is 104 cm³/mol. The van der Waals surface area contributed by atoms with Gasteiger partial charge in [0.2, 0.25) is 5.88 Å². The third-order valence-corrected chi connectivity index (χ3v) is 4.17. The van der Waals surface area contributed by atoms with Crippen LogP contribution in [0.2, 0.25) is 0 Å². The number of nitriles is 1. The Labute approximate surface area is 163 Å². The number of pyridine rings is 1. The molecule has 140 valence electrons. The van der Waals surface area contributed by atoms with Gasteiger partial charge in [-0.2, -0.15) is 5.26 Å². The maximum Gasteiger partial charge on any atom is 0.336 e. The van der Waals surface area contributed by atoms with E-state index in [9.17, 15) is 14.9 Å². The van der Waals surface area contributed by atoms with Gasteiger partial charge in [-0.3, -0.25) is 10.1 Å². The molecule has 0 saturated carbocycles. The van der Waals surface area contributed by atoms with E-state index >= 15 is 0 Å². The molecule has 2 heterocycles. The number of fused-ring (bicyclic) bond motifs is 1. The number of aromatic nitrogens is 1. The van der Waals surface area contributed by atoms with Crippen LogP contribution in [0.3, 0.4) is 0 Å². The number of rotatable bonds is 4. The quantitative estimate of drug-likeness (QED) is 0.289. The summed E-state index contributed by atoms with van der Waals surface area (Å²) >= 11 is 0. The Kier molecular flexibility index (Phi) is 4.47. The second kappa shape index (κ2) is 7.25. The van der Waals surface area contributed by atoms with Crippen molar-refractivity contribution in [3.05, 3.63) is 93.0 Å². The van der Waals surface area contributed by atoms with Gasteiger partial charge in [0, 0.05) is 35.7 Å². The first-order valence-corrected chi connectivity index (χ1v) is 8.41.